The van der Waals surface area contributed by atoms with E-state index in [1.165, 1.54) is 19.2 Å². The van der Waals surface area contributed by atoms with Gasteiger partial charge < -0.3 is 9.64 Å². The minimum absolute atomic E-state index is 0.0386. The Morgan fingerprint density at radius 2 is 2.35 bits per heavy atom. The molecule has 1 saturated carbocycles. The third-order valence-corrected chi connectivity index (χ3v) is 5.13. The van der Waals surface area contributed by atoms with Gasteiger partial charge in [-0.15, -0.1) is 0 Å². The number of nitriles is 1. The molecule has 23 heavy (non-hydrogen) atoms. The van der Waals surface area contributed by atoms with Crippen LogP contribution >= 0.6 is 0 Å². The van der Waals surface area contributed by atoms with Gasteiger partial charge in [-0.25, -0.2) is 0 Å². The monoisotopic (exact) mass is 315 g/mol. The molecule has 1 aliphatic carbocycles. The maximum atomic E-state index is 12.3. The fourth-order valence-electron chi connectivity index (χ4n) is 3.99. The molecular weight excluding hydrogens is 298 g/mol. The highest BCUT2D eigenvalue weighted by molar-refractivity contribution is 5.80. The van der Waals surface area contributed by atoms with E-state index in [0.717, 1.165) is 24.9 Å². The molecule has 2 fully saturated rings. The predicted molar refractivity (Wildman–Crippen MR) is 81.8 cm³/mol. The maximum absolute atomic E-state index is 12.3. The Labute approximate surface area is 133 Å². The second kappa shape index (κ2) is 5.54. The molecule has 0 unspecified atom stereocenters. The number of rotatable bonds is 3. The lowest BCUT2D eigenvalue weighted by Crippen LogP contribution is -2.36. The van der Waals surface area contributed by atoms with E-state index < -0.39 is 10.3 Å². The van der Waals surface area contributed by atoms with Crippen LogP contribution in [-0.2, 0) is 9.53 Å². The second-order valence-corrected chi connectivity index (χ2v) is 6.19. The third kappa shape index (κ3) is 2.31. The third-order valence-electron chi connectivity index (χ3n) is 5.13. The van der Waals surface area contributed by atoms with E-state index in [2.05, 4.69) is 0 Å². The minimum Gasteiger partial charge on any atom is -0.469 e. The largest absolute Gasteiger partial charge is 0.469 e. The van der Waals surface area contributed by atoms with E-state index in [1.807, 2.05) is 11.0 Å². The Hall–Kier alpha value is -2.62. The van der Waals surface area contributed by atoms with Gasteiger partial charge in [0.2, 0.25) is 0 Å². The van der Waals surface area contributed by atoms with E-state index >= 15 is 0 Å². The van der Waals surface area contributed by atoms with Gasteiger partial charge in [-0.05, 0) is 30.9 Å². The number of hydrogen-bond donors (Lipinski definition) is 0. The molecule has 1 heterocycles. The first-order chi connectivity index (χ1) is 11.0. The molecule has 0 bridgehead atoms. The van der Waals surface area contributed by atoms with Gasteiger partial charge in [-0.1, -0.05) is 6.42 Å². The smallest absolute Gasteiger partial charge is 0.313 e. The van der Waals surface area contributed by atoms with Crippen molar-refractivity contribution in [2.24, 2.45) is 11.3 Å². The summed E-state index contributed by atoms with van der Waals surface area (Å²) in [6.45, 7) is 1.24. The first kappa shape index (κ1) is 15.3. The van der Waals surface area contributed by atoms with Gasteiger partial charge >= 0.3 is 5.97 Å². The van der Waals surface area contributed by atoms with E-state index in [9.17, 15) is 14.9 Å². The summed E-state index contributed by atoms with van der Waals surface area (Å²) in [6, 6.07) is 6.40. The minimum atomic E-state index is -0.559. The number of hydrogen-bond acceptors (Lipinski definition) is 6. The van der Waals surface area contributed by atoms with Crippen molar-refractivity contribution in [3.05, 3.63) is 33.9 Å². The van der Waals surface area contributed by atoms with Crippen LogP contribution in [0.5, 0.6) is 0 Å². The Kier molecular flexibility index (Phi) is 3.68. The SMILES string of the molecule is COC(=O)[C@]12CCC[C@H]1CN(c1ccc([N+](=O)[O-])c(C#N)c1)C2. The first-order valence-corrected chi connectivity index (χ1v) is 7.54. The molecule has 1 aliphatic heterocycles. The fraction of sp³-hybridized carbons (Fsp3) is 0.500. The molecule has 1 saturated heterocycles. The van der Waals surface area contributed by atoms with Gasteiger partial charge in [-0.2, -0.15) is 5.26 Å². The lowest BCUT2D eigenvalue weighted by Gasteiger charge is -2.26. The van der Waals surface area contributed by atoms with Crippen molar-refractivity contribution in [1.82, 2.24) is 0 Å². The molecule has 0 radical (unpaired) electrons. The highest BCUT2D eigenvalue weighted by Gasteiger charge is 2.55. The highest BCUT2D eigenvalue weighted by atomic mass is 16.6. The van der Waals surface area contributed by atoms with Crippen molar-refractivity contribution in [2.75, 3.05) is 25.1 Å². The highest BCUT2D eigenvalue weighted by Crippen LogP contribution is 2.50. The summed E-state index contributed by atoms with van der Waals surface area (Å²) in [5.41, 5.74) is 0.100. The Bertz CT molecular complexity index is 712. The van der Waals surface area contributed by atoms with E-state index in [-0.39, 0.29) is 23.1 Å². The summed E-state index contributed by atoms with van der Waals surface area (Å²) >= 11 is 0. The molecule has 2 aliphatic rings. The summed E-state index contributed by atoms with van der Waals surface area (Å²) < 4.78 is 5.01. The number of carbonyl (C=O) groups excluding carboxylic acids is 1. The number of anilines is 1. The van der Waals surface area contributed by atoms with Crippen LogP contribution in [0.15, 0.2) is 18.2 Å². The standard InChI is InChI=1S/C16H17N3O4/c1-23-15(20)16-6-2-3-12(16)9-18(10-16)13-4-5-14(19(21)22)11(7-13)8-17/h4-5,7,12H,2-3,6,9-10H2,1H3/t12-,16-/m0/s1. The van der Waals surface area contributed by atoms with Crippen molar-refractivity contribution in [3.8, 4) is 6.07 Å². The fourth-order valence-corrected chi connectivity index (χ4v) is 3.99. The molecule has 1 aromatic carbocycles. The lowest BCUT2D eigenvalue weighted by atomic mass is 9.81. The number of esters is 1. The second-order valence-electron chi connectivity index (χ2n) is 6.19. The van der Waals surface area contributed by atoms with Crippen LogP contribution in [0.1, 0.15) is 24.8 Å². The van der Waals surface area contributed by atoms with Crippen molar-refractivity contribution in [2.45, 2.75) is 19.3 Å². The normalized spacial score (nSPS) is 25.7. The molecule has 1 aromatic rings. The van der Waals surface area contributed by atoms with Crippen LogP contribution in [0.25, 0.3) is 0 Å². The van der Waals surface area contributed by atoms with Crippen LogP contribution in [0.4, 0.5) is 11.4 Å². The number of nitro groups is 1. The molecule has 7 nitrogen and oxygen atoms in total. The van der Waals surface area contributed by atoms with Crippen molar-refractivity contribution in [3.63, 3.8) is 0 Å². The summed E-state index contributed by atoms with van der Waals surface area (Å²) in [7, 11) is 1.41. The predicted octanol–water partition coefficient (Wildman–Crippen LogP) is 2.25. The van der Waals surface area contributed by atoms with Crippen LogP contribution in [0.3, 0.4) is 0 Å². The number of nitro benzene ring substituents is 1. The Balaban J connectivity index is 1.92. The van der Waals surface area contributed by atoms with E-state index in [4.69, 9.17) is 10.00 Å². The summed E-state index contributed by atoms with van der Waals surface area (Å²) in [4.78, 5) is 24.7. The first-order valence-electron chi connectivity index (χ1n) is 7.54. The van der Waals surface area contributed by atoms with Crippen LogP contribution < -0.4 is 4.90 Å². The van der Waals surface area contributed by atoms with Gasteiger partial charge in [-0.3, -0.25) is 14.9 Å². The van der Waals surface area contributed by atoms with Crippen molar-refractivity contribution >= 4 is 17.3 Å². The van der Waals surface area contributed by atoms with Gasteiger partial charge in [0.05, 0.1) is 17.4 Å². The summed E-state index contributed by atoms with van der Waals surface area (Å²) in [5, 5.41) is 20.1. The van der Waals surface area contributed by atoms with Gasteiger partial charge in [0, 0.05) is 24.8 Å². The molecule has 7 heteroatoms. The van der Waals surface area contributed by atoms with Crippen molar-refractivity contribution in [1.29, 1.82) is 5.26 Å². The quantitative estimate of drug-likeness (QED) is 0.482. The van der Waals surface area contributed by atoms with Gasteiger partial charge in [0.25, 0.3) is 5.69 Å². The van der Waals surface area contributed by atoms with Gasteiger partial charge in [0.1, 0.15) is 11.6 Å². The zero-order valence-electron chi connectivity index (χ0n) is 12.8. The van der Waals surface area contributed by atoms with E-state index in [1.54, 1.807) is 6.07 Å². The number of carbonyl (C=O) groups is 1. The van der Waals surface area contributed by atoms with Crippen molar-refractivity contribution < 1.29 is 14.5 Å². The number of benzene rings is 1. The molecule has 0 amide bonds. The average Bonchev–Trinajstić information content (AvgIpc) is 3.11. The zero-order chi connectivity index (χ0) is 16.6. The molecule has 120 valence electrons. The molecule has 2 atom stereocenters. The van der Waals surface area contributed by atoms with Crippen LogP contribution in [-0.4, -0.2) is 31.1 Å². The van der Waals surface area contributed by atoms with Crippen LogP contribution in [0, 0.1) is 32.8 Å². The maximum Gasteiger partial charge on any atom is 0.313 e. The number of ether oxygens (including phenoxy) is 1. The lowest BCUT2D eigenvalue weighted by molar-refractivity contribution is -0.385. The summed E-state index contributed by atoms with van der Waals surface area (Å²) in [5.74, 6) is 0.0561. The number of fused-ring (bicyclic) bond motifs is 1. The molecular formula is C16H17N3O4. The molecule has 0 N–H and O–H groups in total. The van der Waals surface area contributed by atoms with Crippen LogP contribution in [0.2, 0.25) is 0 Å². The number of nitrogens with zero attached hydrogens (tertiary/aromatic N) is 3. The molecule has 3 rings (SSSR count). The average molecular weight is 315 g/mol. The molecule has 0 aromatic heterocycles. The Morgan fingerprint density at radius 1 is 1.57 bits per heavy atom. The number of methoxy groups -OCH3 is 1. The zero-order valence-corrected chi connectivity index (χ0v) is 12.8. The van der Waals surface area contributed by atoms with Gasteiger partial charge in [0.15, 0.2) is 0 Å². The topological polar surface area (TPSA) is 96.5 Å². The van der Waals surface area contributed by atoms with E-state index in [0.29, 0.717) is 13.1 Å². The summed E-state index contributed by atoms with van der Waals surface area (Å²) in [6.07, 6.45) is 2.79. The Morgan fingerprint density at radius 3 is 3.00 bits per heavy atom. The molecule has 0 spiro atoms.